The molecule has 0 aliphatic carbocycles. The number of aryl methyl sites for hydroxylation is 1. The maximum absolute atomic E-state index is 10.1. The van der Waals surface area contributed by atoms with Crippen LogP contribution in [-0.2, 0) is 6.42 Å². The molecule has 0 aromatic carbocycles. The minimum Gasteiger partial charge on any atom is -0.388 e. The van der Waals surface area contributed by atoms with Gasteiger partial charge < -0.3 is 5.11 Å². The van der Waals surface area contributed by atoms with Crippen molar-refractivity contribution < 1.29 is 5.11 Å². The third-order valence-corrected chi connectivity index (χ3v) is 5.15. The topological polar surface area (TPSA) is 20.2 Å². The smallest absolute Gasteiger partial charge is 0.0849 e. The van der Waals surface area contributed by atoms with E-state index >= 15 is 0 Å². The van der Waals surface area contributed by atoms with Crippen molar-refractivity contribution in [3.05, 3.63) is 42.7 Å². The molecule has 0 radical (unpaired) electrons. The molecule has 0 saturated carbocycles. The molecule has 0 amide bonds. The Morgan fingerprint density at radius 2 is 2.27 bits per heavy atom. The number of hydrogen-bond donors (Lipinski definition) is 1. The highest BCUT2D eigenvalue weighted by atomic mass is 79.9. The summed E-state index contributed by atoms with van der Waals surface area (Å²) in [5.41, 5.74) is 2.24. The van der Waals surface area contributed by atoms with E-state index in [-0.39, 0.29) is 6.10 Å². The van der Waals surface area contributed by atoms with Gasteiger partial charge in [0, 0.05) is 15.8 Å². The van der Waals surface area contributed by atoms with Gasteiger partial charge in [-0.1, -0.05) is 0 Å². The number of hydrogen-bond acceptors (Lipinski definition) is 3. The first-order valence-electron chi connectivity index (χ1n) is 4.61. The van der Waals surface area contributed by atoms with Gasteiger partial charge in [-0.25, -0.2) is 0 Å². The second-order valence-electron chi connectivity index (χ2n) is 3.42. The fraction of sp³-hybridized carbons (Fsp3) is 0.273. The van der Waals surface area contributed by atoms with E-state index in [1.54, 1.807) is 22.7 Å². The second-order valence-corrected chi connectivity index (χ2v) is 6.02. The van der Waals surface area contributed by atoms with Crippen LogP contribution in [0.15, 0.2) is 26.7 Å². The summed E-state index contributed by atoms with van der Waals surface area (Å²) in [5, 5.41) is 16.2. The van der Waals surface area contributed by atoms with Gasteiger partial charge in [0.25, 0.3) is 0 Å². The molecule has 15 heavy (non-hydrogen) atoms. The molecule has 0 saturated heterocycles. The predicted octanol–water partition coefficient (Wildman–Crippen LogP) is 4.16. The Morgan fingerprint density at radius 1 is 1.47 bits per heavy atom. The molecule has 0 spiro atoms. The van der Waals surface area contributed by atoms with Crippen LogP contribution in [0.3, 0.4) is 0 Å². The first-order valence-corrected chi connectivity index (χ1v) is 7.22. The summed E-state index contributed by atoms with van der Waals surface area (Å²) < 4.78 is 1.10. The third-order valence-electron chi connectivity index (χ3n) is 2.32. The SMILES string of the molecule is Cc1cscc1C(O)Cc1sccc1Br. The van der Waals surface area contributed by atoms with Crippen LogP contribution in [0.5, 0.6) is 0 Å². The molecular formula is C11H11BrOS2. The first kappa shape index (κ1) is 11.3. The number of halogens is 1. The third kappa shape index (κ3) is 2.50. The summed E-state index contributed by atoms with van der Waals surface area (Å²) in [4.78, 5) is 1.20. The molecule has 4 heteroatoms. The van der Waals surface area contributed by atoms with Gasteiger partial charge in [0.2, 0.25) is 0 Å². The normalized spacial score (nSPS) is 13.0. The first-order chi connectivity index (χ1) is 7.18. The molecule has 80 valence electrons. The highest BCUT2D eigenvalue weighted by molar-refractivity contribution is 9.10. The van der Waals surface area contributed by atoms with Crippen LogP contribution in [0, 0.1) is 6.92 Å². The number of aliphatic hydroxyl groups excluding tert-OH is 1. The Morgan fingerprint density at radius 3 is 2.80 bits per heavy atom. The largest absolute Gasteiger partial charge is 0.388 e. The molecule has 2 aromatic heterocycles. The maximum Gasteiger partial charge on any atom is 0.0849 e. The average Bonchev–Trinajstić information content (AvgIpc) is 2.76. The summed E-state index contributed by atoms with van der Waals surface area (Å²) in [6, 6.07) is 2.02. The molecule has 1 N–H and O–H groups in total. The average molecular weight is 303 g/mol. The molecule has 0 aliphatic heterocycles. The zero-order valence-corrected chi connectivity index (χ0v) is 11.5. The standard InChI is InChI=1S/C11H11BrOS2/c1-7-5-14-6-8(7)10(13)4-11-9(12)2-3-15-11/h2-3,5-6,10,13H,4H2,1H3. The zero-order valence-electron chi connectivity index (χ0n) is 8.24. The van der Waals surface area contributed by atoms with Crippen LogP contribution in [-0.4, -0.2) is 5.11 Å². The van der Waals surface area contributed by atoms with Crippen LogP contribution < -0.4 is 0 Å². The van der Waals surface area contributed by atoms with Crippen molar-refractivity contribution in [1.82, 2.24) is 0 Å². The van der Waals surface area contributed by atoms with Crippen molar-refractivity contribution in [3.8, 4) is 0 Å². The molecule has 1 atom stereocenters. The van der Waals surface area contributed by atoms with Gasteiger partial charge in [0.15, 0.2) is 0 Å². The predicted molar refractivity (Wildman–Crippen MR) is 69.7 cm³/mol. The number of rotatable bonds is 3. The zero-order chi connectivity index (χ0) is 10.8. The van der Waals surface area contributed by atoms with E-state index in [2.05, 4.69) is 21.3 Å². The van der Waals surface area contributed by atoms with E-state index in [0.717, 1.165) is 10.0 Å². The summed E-state index contributed by atoms with van der Waals surface area (Å²) in [7, 11) is 0. The van der Waals surface area contributed by atoms with Crippen LogP contribution >= 0.6 is 38.6 Å². The Hall–Kier alpha value is -0.160. The molecule has 1 nitrogen and oxygen atoms in total. The molecular weight excluding hydrogens is 292 g/mol. The van der Waals surface area contributed by atoms with E-state index in [1.807, 2.05) is 23.8 Å². The van der Waals surface area contributed by atoms with Gasteiger partial charge in [-0.05, 0) is 56.2 Å². The van der Waals surface area contributed by atoms with Gasteiger partial charge >= 0.3 is 0 Å². The maximum atomic E-state index is 10.1. The monoisotopic (exact) mass is 302 g/mol. The summed E-state index contributed by atoms with van der Waals surface area (Å²) >= 11 is 6.80. The number of thiophene rings is 2. The van der Waals surface area contributed by atoms with E-state index in [4.69, 9.17) is 0 Å². The second kappa shape index (κ2) is 4.78. The molecule has 2 rings (SSSR count). The van der Waals surface area contributed by atoms with E-state index in [1.165, 1.54) is 10.4 Å². The summed E-state index contributed by atoms with van der Waals surface area (Å²) in [6.07, 6.45) is 0.307. The fourth-order valence-electron chi connectivity index (χ4n) is 1.47. The lowest BCUT2D eigenvalue weighted by atomic mass is 10.1. The van der Waals surface area contributed by atoms with Gasteiger partial charge in [-0.3, -0.25) is 0 Å². The van der Waals surface area contributed by atoms with Crippen LogP contribution in [0.25, 0.3) is 0 Å². The molecule has 1 unspecified atom stereocenters. The Bertz CT molecular complexity index is 447. The van der Waals surface area contributed by atoms with E-state index in [0.29, 0.717) is 6.42 Å². The van der Waals surface area contributed by atoms with Gasteiger partial charge in [-0.2, -0.15) is 11.3 Å². The summed E-state index contributed by atoms with van der Waals surface area (Å²) in [5.74, 6) is 0. The molecule has 0 aliphatic rings. The molecule has 2 heterocycles. The van der Waals surface area contributed by atoms with E-state index < -0.39 is 0 Å². The Labute approximate surface area is 106 Å². The van der Waals surface area contributed by atoms with Gasteiger partial charge in [-0.15, -0.1) is 11.3 Å². The van der Waals surface area contributed by atoms with Crippen LogP contribution in [0.2, 0.25) is 0 Å². The lowest BCUT2D eigenvalue weighted by molar-refractivity contribution is 0.179. The highest BCUT2D eigenvalue weighted by Gasteiger charge is 2.14. The van der Waals surface area contributed by atoms with Crippen LogP contribution in [0.1, 0.15) is 22.1 Å². The quantitative estimate of drug-likeness (QED) is 0.903. The molecule has 2 aromatic rings. The van der Waals surface area contributed by atoms with Gasteiger partial charge in [0.05, 0.1) is 6.10 Å². The minimum absolute atomic E-state index is 0.383. The lowest BCUT2D eigenvalue weighted by Crippen LogP contribution is -2.00. The van der Waals surface area contributed by atoms with Crippen molar-refractivity contribution in [2.75, 3.05) is 0 Å². The summed E-state index contributed by atoms with van der Waals surface area (Å²) in [6.45, 7) is 2.04. The lowest BCUT2D eigenvalue weighted by Gasteiger charge is -2.09. The van der Waals surface area contributed by atoms with Gasteiger partial charge in [0.1, 0.15) is 0 Å². The van der Waals surface area contributed by atoms with Crippen LogP contribution in [0.4, 0.5) is 0 Å². The highest BCUT2D eigenvalue weighted by Crippen LogP contribution is 2.30. The number of aliphatic hydroxyl groups is 1. The molecule has 0 fully saturated rings. The Balaban J connectivity index is 2.14. The fourth-order valence-corrected chi connectivity index (χ4v) is 3.92. The van der Waals surface area contributed by atoms with E-state index in [9.17, 15) is 5.11 Å². The van der Waals surface area contributed by atoms with Crippen molar-refractivity contribution >= 4 is 38.6 Å². The van der Waals surface area contributed by atoms with Crippen molar-refractivity contribution in [1.29, 1.82) is 0 Å². The van der Waals surface area contributed by atoms with Crippen molar-refractivity contribution in [2.24, 2.45) is 0 Å². The van der Waals surface area contributed by atoms with Crippen molar-refractivity contribution in [2.45, 2.75) is 19.4 Å². The molecule has 0 bridgehead atoms. The minimum atomic E-state index is -0.383. The Kier molecular flexibility index (Phi) is 3.61. The van der Waals surface area contributed by atoms with Crippen molar-refractivity contribution in [3.63, 3.8) is 0 Å².